The average molecular weight is 416 g/mol. The van der Waals surface area contributed by atoms with E-state index in [1.807, 2.05) is 0 Å². The Morgan fingerprint density at radius 2 is 1.58 bits per heavy atom. The summed E-state index contributed by atoms with van der Waals surface area (Å²) in [6.45, 7) is 0. The molecule has 1 aromatic carbocycles. The predicted molar refractivity (Wildman–Crippen MR) is 81.1 cm³/mol. The highest BCUT2D eigenvalue weighted by atomic mass is 35.5. The lowest BCUT2D eigenvalue weighted by atomic mass is 10.2. The number of aromatic nitrogens is 4. The molecule has 0 spiro atoms. The van der Waals surface area contributed by atoms with Gasteiger partial charge >= 0.3 is 12.4 Å². The quantitative estimate of drug-likeness (QED) is 0.582. The molecule has 0 aliphatic heterocycles. The molecule has 2 N–H and O–H groups in total. The van der Waals surface area contributed by atoms with Crippen LogP contribution in [0.25, 0.3) is 16.7 Å². The van der Waals surface area contributed by atoms with Gasteiger partial charge in [0.15, 0.2) is 11.3 Å². The molecule has 3 aromatic rings. The minimum absolute atomic E-state index is 0.0428. The van der Waals surface area contributed by atoms with Gasteiger partial charge in [-0.25, -0.2) is 14.6 Å². The normalized spacial score (nSPS) is 12.8. The smallest absolute Gasteiger partial charge is 0.383 e. The summed E-state index contributed by atoms with van der Waals surface area (Å²) in [4.78, 5) is 5.66. The first-order chi connectivity index (χ1) is 11.9. The van der Waals surface area contributed by atoms with Gasteiger partial charge in [0.05, 0.1) is 21.1 Å². The minimum Gasteiger partial charge on any atom is -0.383 e. The molecule has 0 radical (unpaired) electrons. The van der Waals surface area contributed by atoms with E-state index in [1.165, 1.54) is 18.2 Å². The minimum atomic E-state index is -5.21. The van der Waals surface area contributed by atoms with Crippen LogP contribution in [0.15, 0.2) is 18.2 Å². The van der Waals surface area contributed by atoms with E-state index in [2.05, 4.69) is 15.1 Å². The van der Waals surface area contributed by atoms with Gasteiger partial charge in [-0.3, -0.25) is 0 Å². The number of nitrogens with zero attached hydrogens (tertiary/aromatic N) is 4. The van der Waals surface area contributed by atoms with Crippen molar-refractivity contribution < 1.29 is 26.3 Å². The van der Waals surface area contributed by atoms with Crippen molar-refractivity contribution in [1.82, 2.24) is 19.7 Å². The number of halogens is 8. The monoisotopic (exact) mass is 415 g/mol. The van der Waals surface area contributed by atoms with Crippen LogP contribution in [0.5, 0.6) is 0 Å². The number of benzene rings is 1. The Morgan fingerprint density at radius 3 is 2.12 bits per heavy atom. The highest BCUT2D eigenvalue weighted by Crippen LogP contribution is 2.39. The molecule has 0 bridgehead atoms. The van der Waals surface area contributed by atoms with Gasteiger partial charge in [-0.2, -0.15) is 26.3 Å². The first kappa shape index (κ1) is 18.5. The second-order valence-electron chi connectivity index (χ2n) is 4.99. The first-order valence-corrected chi connectivity index (χ1v) is 7.31. The van der Waals surface area contributed by atoms with Crippen molar-refractivity contribution in [2.75, 3.05) is 5.73 Å². The fourth-order valence-electron chi connectivity index (χ4n) is 2.16. The van der Waals surface area contributed by atoms with Gasteiger partial charge in [-0.05, 0) is 18.2 Å². The molecule has 0 atom stereocenters. The molecule has 138 valence electrons. The van der Waals surface area contributed by atoms with E-state index in [0.29, 0.717) is 0 Å². The maximum absolute atomic E-state index is 13.2. The van der Waals surface area contributed by atoms with Crippen LogP contribution in [-0.4, -0.2) is 19.7 Å². The molecule has 5 nitrogen and oxygen atoms in total. The zero-order chi connectivity index (χ0) is 19.4. The molecule has 0 fully saturated rings. The van der Waals surface area contributed by atoms with Crippen molar-refractivity contribution in [3.8, 4) is 5.69 Å². The fourth-order valence-corrected chi connectivity index (χ4v) is 2.45. The van der Waals surface area contributed by atoms with E-state index in [1.54, 1.807) is 0 Å². The third-order valence-corrected chi connectivity index (χ3v) is 3.98. The van der Waals surface area contributed by atoms with Crippen LogP contribution in [0.2, 0.25) is 10.0 Å². The summed E-state index contributed by atoms with van der Waals surface area (Å²) < 4.78 is 78.9. The third-order valence-electron chi connectivity index (χ3n) is 3.24. The number of nitrogen functional groups attached to an aromatic ring is 1. The Balaban J connectivity index is 2.35. The number of hydrogen-bond donors (Lipinski definition) is 1. The number of fused-ring (bicyclic) bond motifs is 1. The summed E-state index contributed by atoms with van der Waals surface area (Å²) in [5, 5.41) is 2.99. The summed E-state index contributed by atoms with van der Waals surface area (Å²) in [6, 6.07) is 3.88. The lowest BCUT2D eigenvalue weighted by molar-refractivity contribution is -0.151. The molecule has 2 aromatic heterocycles. The van der Waals surface area contributed by atoms with Gasteiger partial charge in [-0.15, -0.1) is 5.10 Å². The highest BCUT2D eigenvalue weighted by molar-refractivity contribution is 6.42. The molecule has 0 saturated carbocycles. The zero-order valence-electron chi connectivity index (χ0n) is 12.1. The summed E-state index contributed by atoms with van der Waals surface area (Å²) in [7, 11) is 0. The summed E-state index contributed by atoms with van der Waals surface area (Å²) in [6.07, 6.45) is -10.4. The van der Waals surface area contributed by atoms with Crippen LogP contribution in [-0.2, 0) is 12.4 Å². The van der Waals surface area contributed by atoms with Crippen LogP contribution in [0.1, 0.15) is 11.5 Å². The Labute approximate surface area is 150 Å². The van der Waals surface area contributed by atoms with E-state index in [9.17, 15) is 26.3 Å². The van der Waals surface area contributed by atoms with Gasteiger partial charge in [0, 0.05) is 0 Å². The van der Waals surface area contributed by atoms with Gasteiger partial charge < -0.3 is 5.73 Å². The predicted octanol–water partition coefficient (Wildman–Crippen LogP) is 4.74. The maximum atomic E-state index is 13.2. The van der Waals surface area contributed by atoms with Gasteiger partial charge in [0.1, 0.15) is 5.82 Å². The Kier molecular flexibility index (Phi) is 4.19. The molecular weight excluding hydrogens is 411 g/mol. The molecule has 0 saturated heterocycles. The fraction of sp³-hybridized carbons (Fsp3) is 0.154. The van der Waals surface area contributed by atoms with E-state index < -0.39 is 40.7 Å². The third kappa shape index (κ3) is 3.12. The Bertz CT molecular complexity index is 1010. The Hall–Kier alpha value is -2.27. The second kappa shape index (κ2) is 5.88. The van der Waals surface area contributed by atoms with Crippen molar-refractivity contribution in [1.29, 1.82) is 0 Å². The largest absolute Gasteiger partial charge is 0.451 e. The molecule has 26 heavy (non-hydrogen) atoms. The topological polar surface area (TPSA) is 69.6 Å². The van der Waals surface area contributed by atoms with Crippen molar-refractivity contribution in [3.63, 3.8) is 0 Å². The van der Waals surface area contributed by atoms with Crippen molar-refractivity contribution in [3.05, 3.63) is 39.8 Å². The molecule has 13 heteroatoms. The zero-order valence-corrected chi connectivity index (χ0v) is 13.6. The lowest BCUT2D eigenvalue weighted by Crippen LogP contribution is -2.17. The van der Waals surface area contributed by atoms with Crippen LogP contribution >= 0.6 is 23.2 Å². The molecule has 0 aliphatic rings. The van der Waals surface area contributed by atoms with Crippen LogP contribution in [0.4, 0.5) is 32.2 Å². The van der Waals surface area contributed by atoms with E-state index in [-0.39, 0.29) is 15.7 Å². The molecule has 0 aliphatic carbocycles. The summed E-state index contributed by atoms with van der Waals surface area (Å²) in [5.41, 5.74) is 3.07. The van der Waals surface area contributed by atoms with Crippen molar-refractivity contribution in [2.45, 2.75) is 12.4 Å². The molecule has 2 heterocycles. The number of anilines is 1. The number of hydrogen-bond acceptors (Lipinski definition) is 4. The SMILES string of the molecule is Nc1c2c(C(F)(F)F)nc(C(F)(F)F)nc2nn1-c1ccc(Cl)c(Cl)c1. The molecule has 3 rings (SSSR count). The average Bonchev–Trinajstić information content (AvgIpc) is 2.84. The maximum Gasteiger partial charge on any atom is 0.451 e. The van der Waals surface area contributed by atoms with Crippen LogP contribution in [0, 0.1) is 0 Å². The second-order valence-corrected chi connectivity index (χ2v) is 5.80. The van der Waals surface area contributed by atoms with Crippen molar-refractivity contribution >= 4 is 40.1 Å². The highest BCUT2D eigenvalue weighted by Gasteiger charge is 2.43. The first-order valence-electron chi connectivity index (χ1n) is 6.55. The standard InChI is InChI=1S/C13H5Cl2F6N5/c14-5-2-1-4(3-6(5)15)26-9(22)7-8(12(16,17)18)23-11(13(19,20)21)24-10(7)25-26/h1-3H,22H2. The van der Waals surface area contributed by atoms with Crippen LogP contribution in [0.3, 0.4) is 0 Å². The van der Waals surface area contributed by atoms with E-state index in [4.69, 9.17) is 28.9 Å². The number of rotatable bonds is 1. The lowest BCUT2D eigenvalue weighted by Gasteiger charge is -2.10. The van der Waals surface area contributed by atoms with Crippen molar-refractivity contribution in [2.24, 2.45) is 0 Å². The Morgan fingerprint density at radius 1 is 0.923 bits per heavy atom. The van der Waals surface area contributed by atoms with Gasteiger partial charge in [0.25, 0.3) is 0 Å². The summed E-state index contributed by atoms with van der Waals surface area (Å²) >= 11 is 11.6. The summed E-state index contributed by atoms with van der Waals surface area (Å²) in [5.74, 6) is -2.57. The van der Waals surface area contributed by atoms with E-state index in [0.717, 1.165) is 4.68 Å². The molecule has 0 amide bonds. The van der Waals surface area contributed by atoms with Crippen LogP contribution < -0.4 is 5.73 Å². The van der Waals surface area contributed by atoms with E-state index >= 15 is 0 Å². The number of nitrogens with two attached hydrogens (primary N) is 1. The van der Waals surface area contributed by atoms with Gasteiger partial charge in [0.2, 0.25) is 5.82 Å². The number of alkyl halides is 6. The van der Waals surface area contributed by atoms with Gasteiger partial charge in [-0.1, -0.05) is 23.2 Å². The molecular formula is C13H5Cl2F6N5. The molecule has 0 unspecified atom stereocenters.